The molecule has 9 aromatic carbocycles. The molecule has 0 radical (unpaired) electrons. The van der Waals surface area contributed by atoms with Gasteiger partial charge in [0.25, 0.3) is 0 Å². The van der Waals surface area contributed by atoms with Gasteiger partial charge in [-0.25, -0.2) is 19.9 Å². The molecule has 0 fully saturated rings. The second-order valence-corrected chi connectivity index (χ2v) is 15.8. The number of aromatic nitrogens is 4. The van der Waals surface area contributed by atoms with E-state index >= 15 is 0 Å². The Kier molecular flexibility index (Phi) is 5.73. The van der Waals surface area contributed by atoms with Gasteiger partial charge >= 0.3 is 0 Å². The van der Waals surface area contributed by atoms with Crippen LogP contribution in [0, 0.1) is 0 Å². The Morgan fingerprint density at radius 3 is 1.55 bits per heavy atom. The maximum atomic E-state index is 4.90. The Morgan fingerprint density at radius 2 is 0.897 bits per heavy atom. The standard InChI is InChI=1S/C54H28N4/c1-6-29-8-3-13-41-48(29)37(11-1)45-24-43-35-17-19-40-44(36(35)16-18-39(43)50(52(41)45)31-15-20-47-33(22-31)26-55-28-58-47)25-46-38-12-2-7-30-9-4-14-42(49(30)38)53(46)51(40)34-23-32-10-5-21-56-54(32)57-27-34/h1-28H. The van der Waals surface area contributed by atoms with Crippen molar-refractivity contribution >= 4 is 75.8 Å². The topological polar surface area (TPSA) is 51.6 Å². The van der Waals surface area contributed by atoms with Crippen LogP contribution in [0.1, 0.15) is 0 Å². The van der Waals surface area contributed by atoms with E-state index in [0.29, 0.717) is 0 Å². The van der Waals surface area contributed by atoms with Gasteiger partial charge in [-0.3, -0.25) is 0 Å². The van der Waals surface area contributed by atoms with Gasteiger partial charge in [-0.05, 0) is 158 Å². The molecule has 264 valence electrons. The Morgan fingerprint density at radius 1 is 0.328 bits per heavy atom. The SMILES string of the molecule is c1cnc2ncc(-c3c4c(cc5c3ccc3c6cc7c(c(-c8ccc9ncncc9c8)c6ccc53)-c3cccc5cccc-7c35)-c3cccc5cccc-4c35)cc2c1. The van der Waals surface area contributed by atoms with Crippen LogP contribution in [0.25, 0.3) is 143 Å². The lowest BCUT2D eigenvalue weighted by molar-refractivity contribution is 1.22. The van der Waals surface area contributed by atoms with E-state index < -0.39 is 0 Å². The summed E-state index contributed by atoms with van der Waals surface area (Å²) < 4.78 is 0. The van der Waals surface area contributed by atoms with Gasteiger partial charge in [0.1, 0.15) is 6.33 Å². The van der Waals surface area contributed by atoms with Crippen LogP contribution in [0.15, 0.2) is 171 Å². The summed E-state index contributed by atoms with van der Waals surface area (Å²) in [6.45, 7) is 0. The fraction of sp³-hybridized carbons (Fsp3) is 0. The number of pyridine rings is 2. The van der Waals surface area contributed by atoms with Crippen LogP contribution in [0.4, 0.5) is 0 Å². The average Bonchev–Trinajstić information content (AvgIpc) is 3.78. The monoisotopic (exact) mass is 732 g/mol. The van der Waals surface area contributed by atoms with Crippen molar-refractivity contribution in [3.63, 3.8) is 0 Å². The van der Waals surface area contributed by atoms with Crippen molar-refractivity contribution in [3.05, 3.63) is 171 Å². The van der Waals surface area contributed by atoms with Gasteiger partial charge in [-0.15, -0.1) is 0 Å². The summed E-state index contributed by atoms with van der Waals surface area (Å²) in [5.41, 5.74) is 16.7. The quantitative estimate of drug-likeness (QED) is 0.166. The van der Waals surface area contributed by atoms with Crippen LogP contribution in [0.5, 0.6) is 0 Å². The van der Waals surface area contributed by atoms with Crippen LogP contribution in [-0.4, -0.2) is 19.9 Å². The molecule has 0 aliphatic heterocycles. The van der Waals surface area contributed by atoms with Crippen molar-refractivity contribution < 1.29 is 0 Å². The molecule has 58 heavy (non-hydrogen) atoms. The summed E-state index contributed by atoms with van der Waals surface area (Å²) in [5.74, 6) is 0. The average molecular weight is 733 g/mol. The first kappa shape index (κ1) is 30.4. The van der Waals surface area contributed by atoms with Crippen LogP contribution in [0.3, 0.4) is 0 Å². The Labute approximate surface area is 331 Å². The fourth-order valence-electron chi connectivity index (χ4n) is 10.5. The van der Waals surface area contributed by atoms with Gasteiger partial charge in [0.15, 0.2) is 5.65 Å². The summed E-state index contributed by atoms with van der Waals surface area (Å²) in [5, 5.41) is 14.6. The maximum absolute atomic E-state index is 4.90. The third-order valence-corrected chi connectivity index (χ3v) is 12.9. The van der Waals surface area contributed by atoms with Gasteiger partial charge in [-0.1, -0.05) is 103 Å². The molecule has 0 unspecified atom stereocenters. The van der Waals surface area contributed by atoms with Crippen LogP contribution in [0.2, 0.25) is 0 Å². The number of rotatable bonds is 2. The van der Waals surface area contributed by atoms with Crippen LogP contribution >= 0.6 is 0 Å². The van der Waals surface area contributed by atoms with Crippen molar-refractivity contribution in [2.75, 3.05) is 0 Å². The Balaban J connectivity index is 1.13. The summed E-state index contributed by atoms with van der Waals surface area (Å²) in [7, 11) is 0. The minimum atomic E-state index is 0.755. The van der Waals surface area contributed by atoms with E-state index in [1.807, 2.05) is 24.7 Å². The second-order valence-electron chi connectivity index (χ2n) is 15.8. The minimum absolute atomic E-state index is 0.755. The molecule has 0 saturated heterocycles. The Hall–Kier alpha value is -7.82. The minimum Gasteiger partial charge on any atom is -0.244 e. The molecule has 0 saturated carbocycles. The highest BCUT2D eigenvalue weighted by Gasteiger charge is 2.29. The molecule has 0 spiro atoms. The molecule has 4 heteroatoms. The van der Waals surface area contributed by atoms with Crippen molar-refractivity contribution in [1.82, 2.24) is 19.9 Å². The van der Waals surface area contributed by atoms with E-state index in [9.17, 15) is 0 Å². The first-order valence-electron chi connectivity index (χ1n) is 19.8. The van der Waals surface area contributed by atoms with Crippen LogP contribution in [-0.2, 0) is 0 Å². The number of fused-ring (bicyclic) bond motifs is 13. The number of benzene rings is 9. The predicted octanol–water partition coefficient (Wildman–Crippen LogP) is 14.0. The van der Waals surface area contributed by atoms with Gasteiger partial charge in [0.2, 0.25) is 0 Å². The van der Waals surface area contributed by atoms with Crippen molar-refractivity contribution in [2.45, 2.75) is 0 Å². The summed E-state index contributed by atoms with van der Waals surface area (Å²) in [4.78, 5) is 18.4. The zero-order valence-corrected chi connectivity index (χ0v) is 31.0. The first-order valence-corrected chi connectivity index (χ1v) is 19.8. The van der Waals surface area contributed by atoms with Gasteiger partial charge in [0.05, 0.1) is 5.52 Å². The summed E-state index contributed by atoms with van der Waals surface area (Å²) in [6, 6.07) is 54.3. The first-order chi connectivity index (χ1) is 28.8. The lowest BCUT2D eigenvalue weighted by Gasteiger charge is -2.19. The normalized spacial score (nSPS) is 12.5. The van der Waals surface area contributed by atoms with Gasteiger partial charge < -0.3 is 0 Å². The highest BCUT2D eigenvalue weighted by atomic mass is 14.8. The van der Waals surface area contributed by atoms with E-state index in [1.54, 1.807) is 6.33 Å². The van der Waals surface area contributed by atoms with E-state index in [1.165, 1.54) is 115 Å². The lowest BCUT2D eigenvalue weighted by Crippen LogP contribution is -1.93. The zero-order valence-electron chi connectivity index (χ0n) is 31.0. The number of hydrogen-bond donors (Lipinski definition) is 0. The largest absolute Gasteiger partial charge is 0.244 e. The zero-order chi connectivity index (χ0) is 37.6. The third kappa shape index (κ3) is 3.88. The smallest absolute Gasteiger partial charge is 0.159 e. The Bertz CT molecular complexity index is 3600. The molecule has 0 bridgehead atoms. The second kappa shape index (κ2) is 10.9. The van der Waals surface area contributed by atoms with Gasteiger partial charge in [0, 0.05) is 34.9 Å². The van der Waals surface area contributed by atoms with E-state index in [-0.39, 0.29) is 0 Å². The van der Waals surface area contributed by atoms with E-state index in [4.69, 9.17) is 4.98 Å². The van der Waals surface area contributed by atoms with Gasteiger partial charge in [-0.2, -0.15) is 0 Å². The molecule has 2 aliphatic carbocycles. The fourth-order valence-corrected chi connectivity index (χ4v) is 10.5. The highest BCUT2D eigenvalue weighted by molar-refractivity contribution is 6.30. The molecular formula is C54H28N4. The van der Waals surface area contributed by atoms with Crippen LogP contribution < -0.4 is 0 Å². The molecular weight excluding hydrogens is 705 g/mol. The molecule has 3 aromatic heterocycles. The van der Waals surface area contributed by atoms with Crippen molar-refractivity contribution in [2.24, 2.45) is 0 Å². The molecule has 3 heterocycles. The molecule has 0 amide bonds. The summed E-state index contributed by atoms with van der Waals surface area (Å²) in [6.07, 6.45) is 7.37. The van der Waals surface area contributed by atoms with Crippen molar-refractivity contribution in [3.8, 4) is 66.8 Å². The van der Waals surface area contributed by atoms with Crippen molar-refractivity contribution in [1.29, 1.82) is 0 Å². The maximum Gasteiger partial charge on any atom is 0.159 e. The molecule has 0 N–H and O–H groups in total. The summed E-state index contributed by atoms with van der Waals surface area (Å²) >= 11 is 0. The van der Waals surface area contributed by atoms with E-state index in [0.717, 1.165) is 27.5 Å². The number of nitrogens with zero attached hydrogens (tertiary/aromatic N) is 4. The molecule has 2 aliphatic rings. The number of hydrogen-bond acceptors (Lipinski definition) is 4. The molecule has 12 aromatic rings. The molecule has 4 nitrogen and oxygen atoms in total. The van der Waals surface area contributed by atoms with E-state index in [2.05, 4.69) is 154 Å². The molecule has 14 rings (SSSR count). The molecule has 0 atom stereocenters. The highest BCUT2D eigenvalue weighted by Crippen LogP contribution is 2.57. The predicted molar refractivity (Wildman–Crippen MR) is 240 cm³/mol. The lowest BCUT2D eigenvalue weighted by atomic mass is 9.84. The third-order valence-electron chi connectivity index (χ3n) is 12.9.